The van der Waals surface area contributed by atoms with Gasteiger partial charge in [0.15, 0.2) is 0 Å². The average molecular weight is 260 g/mol. The summed E-state index contributed by atoms with van der Waals surface area (Å²) in [4.78, 5) is 4.62. The zero-order valence-corrected chi connectivity index (χ0v) is 12.8. The van der Waals surface area contributed by atoms with Gasteiger partial charge in [0, 0.05) is 18.0 Å². The van der Waals surface area contributed by atoms with E-state index >= 15 is 0 Å². The fraction of sp³-hybridized carbons (Fsp3) is 0.588. The lowest BCUT2D eigenvalue weighted by Gasteiger charge is -2.20. The minimum absolute atomic E-state index is 0.991. The second-order valence-electron chi connectivity index (χ2n) is 5.11. The van der Waals surface area contributed by atoms with Gasteiger partial charge in [-0.1, -0.05) is 20.4 Å². The normalized spacial score (nSPS) is 17.6. The molecule has 0 bridgehead atoms. The average Bonchev–Trinajstić information content (AvgIpc) is 2.45. The van der Waals surface area contributed by atoms with E-state index in [0.717, 1.165) is 30.8 Å². The number of allylic oxidation sites excluding steroid dienone is 4. The van der Waals surface area contributed by atoms with Crippen molar-refractivity contribution < 1.29 is 0 Å². The first-order valence-electron chi connectivity index (χ1n) is 7.55. The number of aliphatic imine (C=N–C) groups is 1. The molecule has 0 spiro atoms. The van der Waals surface area contributed by atoms with E-state index in [9.17, 15) is 0 Å². The van der Waals surface area contributed by atoms with Gasteiger partial charge in [0.25, 0.3) is 0 Å². The van der Waals surface area contributed by atoms with Crippen molar-refractivity contribution >= 4 is 5.71 Å². The van der Waals surface area contributed by atoms with Crippen molar-refractivity contribution in [2.45, 2.75) is 59.3 Å². The number of hydrogen-bond acceptors (Lipinski definition) is 2. The standard InChI is InChI=1S/C17H28N2/c1-5-12-18-17-11-9-8-10-15(17)13-16(7-3)19-14(4)6-2/h7,13,18H,3,5-6,8-12H2,1-2,4H3/b16-13-,19-14?. The Hall–Kier alpha value is -1.31. The van der Waals surface area contributed by atoms with Gasteiger partial charge in [-0.15, -0.1) is 0 Å². The highest BCUT2D eigenvalue weighted by atomic mass is 14.9. The summed E-state index contributed by atoms with van der Waals surface area (Å²) < 4.78 is 0. The van der Waals surface area contributed by atoms with Gasteiger partial charge in [-0.2, -0.15) is 0 Å². The minimum atomic E-state index is 0.991. The Labute approximate surface area is 118 Å². The summed E-state index contributed by atoms with van der Waals surface area (Å²) in [5.74, 6) is 0. The molecule has 1 N–H and O–H groups in total. The molecule has 0 saturated carbocycles. The van der Waals surface area contributed by atoms with E-state index in [0.29, 0.717) is 0 Å². The third kappa shape index (κ3) is 5.46. The molecule has 1 aliphatic carbocycles. The van der Waals surface area contributed by atoms with Gasteiger partial charge in [0.05, 0.1) is 5.70 Å². The molecule has 0 radical (unpaired) electrons. The highest BCUT2D eigenvalue weighted by Crippen LogP contribution is 2.25. The molecule has 1 rings (SSSR count). The first-order valence-corrected chi connectivity index (χ1v) is 7.55. The Morgan fingerprint density at radius 2 is 2.05 bits per heavy atom. The fourth-order valence-corrected chi connectivity index (χ4v) is 2.18. The topological polar surface area (TPSA) is 24.4 Å². The molecule has 0 unspecified atom stereocenters. The molecular weight excluding hydrogens is 232 g/mol. The predicted octanol–water partition coefficient (Wildman–Crippen LogP) is 4.75. The first-order chi connectivity index (χ1) is 9.21. The van der Waals surface area contributed by atoms with Crippen LogP contribution in [0.25, 0.3) is 0 Å². The van der Waals surface area contributed by atoms with Crippen molar-refractivity contribution in [2.24, 2.45) is 4.99 Å². The van der Waals surface area contributed by atoms with Crippen LogP contribution in [0.4, 0.5) is 0 Å². The van der Waals surface area contributed by atoms with Crippen LogP contribution < -0.4 is 5.32 Å². The molecule has 0 atom stereocenters. The fourth-order valence-electron chi connectivity index (χ4n) is 2.18. The molecule has 0 amide bonds. The SMILES string of the molecule is C=C/C(=C/C1=C(NCCC)CCCC1)N=C(C)CC. The Bertz CT molecular complexity index is 386. The van der Waals surface area contributed by atoms with Crippen molar-refractivity contribution in [3.05, 3.63) is 35.7 Å². The van der Waals surface area contributed by atoms with Gasteiger partial charge in [-0.25, -0.2) is 0 Å². The van der Waals surface area contributed by atoms with Gasteiger partial charge in [0.1, 0.15) is 0 Å². The molecule has 106 valence electrons. The summed E-state index contributed by atoms with van der Waals surface area (Å²) in [5.41, 5.74) is 4.98. The maximum atomic E-state index is 4.62. The summed E-state index contributed by atoms with van der Waals surface area (Å²) in [6, 6.07) is 0. The number of hydrogen-bond donors (Lipinski definition) is 1. The van der Waals surface area contributed by atoms with E-state index < -0.39 is 0 Å². The summed E-state index contributed by atoms with van der Waals surface area (Å²) in [6.07, 6.45) is 11.1. The van der Waals surface area contributed by atoms with Crippen molar-refractivity contribution in [1.29, 1.82) is 0 Å². The zero-order chi connectivity index (χ0) is 14.1. The van der Waals surface area contributed by atoms with E-state index in [2.05, 4.69) is 43.7 Å². The molecular formula is C17H28N2. The maximum absolute atomic E-state index is 4.62. The van der Waals surface area contributed by atoms with Gasteiger partial charge in [0.2, 0.25) is 0 Å². The predicted molar refractivity (Wildman–Crippen MR) is 85.5 cm³/mol. The molecule has 1 aliphatic rings. The monoisotopic (exact) mass is 260 g/mol. The Balaban J connectivity index is 2.94. The minimum Gasteiger partial charge on any atom is -0.388 e. The molecule has 0 aromatic heterocycles. The van der Waals surface area contributed by atoms with Crippen LogP contribution in [-0.2, 0) is 0 Å². The van der Waals surface area contributed by atoms with Crippen LogP contribution in [0.3, 0.4) is 0 Å². The Morgan fingerprint density at radius 3 is 2.68 bits per heavy atom. The van der Waals surface area contributed by atoms with Gasteiger partial charge >= 0.3 is 0 Å². The van der Waals surface area contributed by atoms with E-state index in [1.165, 1.54) is 37.0 Å². The maximum Gasteiger partial charge on any atom is 0.0626 e. The van der Waals surface area contributed by atoms with Crippen molar-refractivity contribution in [1.82, 2.24) is 5.32 Å². The van der Waals surface area contributed by atoms with Gasteiger partial charge in [-0.05, 0) is 63.2 Å². The van der Waals surface area contributed by atoms with Gasteiger partial charge in [-0.3, -0.25) is 4.99 Å². The highest BCUT2D eigenvalue weighted by molar-refractivity contribution is 5.82. The molecule has 2 nitrogen and oxygen atoms in total. The largest absolute Gasteiger partial charge is 0.388 e. The first kappa shape index (κ1) is 15.7. The van der Waals surface area contributed by atoms with Crippen LogP contribution >= 0.6 is 0 Å². The number of rotatable bonds is 7. The summed E-state index contributed by atoms with van der Waals surface area (Å²) in [5, 5.41) is 3.57. The molecule has 0 aliphatic heterocycles. The van der Waals surface area contributed by atoms with Crippen molar-refractivity contribution in [3.63, 3.8) is 0 Å². The second-order valence-corrected chi connectivity index (χ2v) is 5.11. The van der Waals surface area contributed by atoms with E-state index in [-0.39, 0.29) is 0 Å². The van der Waals surface area contributed by atoms with Crippen LogP contribution in [0, 0.1) is 0 Å². The Morgan fingerprint density at radius 1 is 1.32 bits per heavy atom. The zero-order valence-electron chi connectivity index (χ0n) is 12.8. The molecule has 0 heterocycles. The molecule has 19 heavy (non-hydrogen) atoms. The number of nitrogens with zero attached hydrogens (tertiary/aromatic N) is 1. The highest BCUT2D eigenvalue weighted by Gasteiger charge is 2.10. The molecule has 0 saturated heterocycles. The third-order valence-electron chi connectivity index (χ3n) is 3.46. The van der Waals surface area contributed by atoms with Crippen LogP contribution in [-0.4, -0.2) is 12.3 Å². The summed E-state index contributed by atoms with van der Waals surface area (Å²) in [7, 11) is 0. The summed E-state index contributed by atoms with van der Waals surface area (Å²) >= 11 is 0. The van der Waals surface area contributed by atoms with E-state index in [1.807, 2.05) is 6.08 Å². The lowest BCUT2D eigenvalue weighted by Crippen LogP contribution is -2.18. The van der Waals surface area contributed by atoms with Crippen LogP contribution in [0.15, 0.2) is 40.7 Å². The number of nitrogens with one attached hydrogen (secondary N) is 1. The van der Waals surface area contributed by atoms with Gasteiger partial charge < -0.3 is 5.32 Å². The lowest BCUT2D eigenvalue weighted by atomic mass is 9.95. The second kappa shape index (κ2) is 8.73. The summed E-state index contributed by atoms with van der Waals surface area (Å²) in [6.45, 7) is 11.4. The van der Waals surface area contributed by atoms with Crippen LogP contribution in [0.5, 0.6) is 0 Å². The quantitative estimate of drug-likeness (QED) is 0.518. The van der Waals surface area contributed by atoms with Crippen LogP contribution in [0.2, 0.25) is 0 Å². The van der Waals surface area contributed by atoms with Crippen molar-refractivity contribution in [2.75, 3.05) is 6.54 Å². The van der Waals surface area contributed by atoms with E-state index in [1.54, 1.807) is 0 Å². The molecule has 0 aromatic carbocycles. The van der Waals surface area contributed by atoms with Crippen molar-refractivity contribution in [3.8, 4) is 0 Å². The molecule has 0 aromatic rings. The molecule has 2 heteroatoms. The molecule has 0 fully saturated rings. The lowest BCUT2D eigenvalue weighted by molar-refractivity contribution is 0.619. The third-order valence-corrected chi connectivity index (χ3v) is 3.46. The van der Waals surface area contributed by atoms with E-state index in [4.69, 9.17) is 0 Å². The van der Waals surface area contributed by atoms with Crippen LogP contribution in [0.1, 0.15) is 59.3 Å². The Kier molecular flexibility index (Phi) is 7.24. The smallest absolute Gasteiger partial charge is 0.0626 e.